The van der Waals surface area contributed by atoms with E-state index < -0.39 is 5.60 Å². The maximum atomic E-state index is 12.2. The Labute approximate surface area is 132 Å². The average molecular weight is 303 g/mol. The summed E-state index contributed by atoms with van der Waals surface area (Å²) in [6.07, 6.45) is 1.58. The number of esters is 1. The van der Waals surface area contributed by atoms with E-state index >= 15 is 0 Å². The molecule has 0 radical (unpaired) electrons. The highest BCUT2D eigenvalue weighted by molar-refractivity contribution is 5.79. The van der Waals surface area contributed by atoms with Gasteiger partial charge in [0.15, 0.2) is 0 Å². The van der Waals surface area contributed by atoms with Crippen molar-refractivity contribution in [3.8, 4) is 0 Å². The molecular weight excluding hydrogens is 278 g/mol. The van der Waals surface area contributed by atoms with E-state index in [-0.39, 0.29) is 30.3 Å². The van der Waals surface area contributed by atoms with Crippen LogP contribution >= 0.6 is 0 Å². The lowest BCUT2D eigenvalue weighted by atomic mass is 9.87. The number of ether oxygens (including phenoxy) is 1. The SMILES string of the molecule is Cc1ccc(C(CC(=O)OC(C)(C)C)C2CCC(=O)N2)cc1. The maximum Gasteiger partial charge on any atom is 0.307 e. The molecule has 0 spiro atoms. The Morgan fingerprint density at radius 3 is 2.45 bits per heavy atom. The van der Waals surface area contributed by atoms with Crippen LogP contribution in [0.1, 0.15) is 57.1 Å². The van der Waals surface area contributed by atoms with Crippen molar-refractivity contribution in [2.45, 2.75) is 64.5 Å². The molecule has 22 heavy (non-hydrogen) atoms. The van der Waals surface area contributed by atoms with E-state index in [1.54, 1.807) is 0 Å². The van der Waals surface area contributed by atoms with Gasteiger partial charge in [-0.15, -0.1) is 0 Å². The summed E-state index contributed by atoms with van der Waals surface area (Å²) in [4.78, 5) is 23.7. The molecule has 120 valence electrons. The normalized spacial score (nSPS) is 19.6. The summed E-state index contributed by atoms with van der Waals surface area (Å²) in [5.74, 6) is -0.201. The molecule has 1 aliphatic heterocycles. The first-order valence-electron chi connectivity index (χ1n) is 7.82. The Hall–Kier alpha value is -1.84. The molecule has 1 fully saturated rings. The highest BCUT2D eigenvalue weighted by Gasteiger charge is 2.32. The van der Waals surface area contributed by atoms with E-state index in [1.807, 2.05) is 52.0 Å². The summed E-state index contributed by atoms with van der Waals surface area (Å²) in [7, 11) is 0. The van der Waals surface area contributed by atoms with Gasteiger partial charge >= 0.3 is 5.97 Å². The first-order chi connectivity index (χ1) is 10.2. The van der Waals surface area contributed by atoms with Crippen LogP contribution in [0, 0.1) is 6.92 Å². The third-order valence-corrected chi connectivity index (χ3v) is 3.83. The fourth-order valence-electron chi connectivity index (χ4n) is 2.81. The van der Waals surface area contributed by atoms with E-state index in [1.165, 1.54) is 5.56 Å². The predicted molar refractivity (Wildman–Crippen MR) is 85.5 cm³/mol. The lowest BCUT2D eigenvalue weighted by molar-refractivity contribution is -0.155. The van der Waals surface area contributed by atoms with Crippen LogP contribution in [0.5, 0.6) is 0 Å². The minimum atomic E-state index is -0.492. The topological polar surface area (TPSA) is 55.4 Å². The zero-order chi connectivity index (χ0) is 16.3. The molecule has 1 saturated heterocycles. The zero-order valence-corrected chi connectivity index (χ0v) is 13.8. The molecule has 2 rings (SSSR count). The molecule has 0 bridgehead atoms. The second-order valence-electron chi connectivity index (χ2n) is 7.02. The van der Waals surface area contributed by atoms with Crippen molar-refractivity contribution in [2.75, 3.05) is 0 Å². The number of hydrogen-bond acceptors (Lipinski definition) is 3. The minimum absolute atomic E-state index is 0.00252. The molecule has 1 amide bonds. The minimum Gasteiger partial charge on any atom is -0.460 e. The third kappa shape index (κ3) is 4.58. The average Bonchev–Trinajstić information content (AvgIpc) is 2.81. The van der Waals surface area contributed by atoms with Crippen molar-refractivity contribution >= 4 is 11.9 Å². The highest BCUT2D eigenvalue weighted by atomic mass is 16.6. The monoisotopic (exact) mass is 303 g/mol. The Morgan fingerprint density at radius 1 is 1.32 bits per heavy atom. The molecule has 2 unspecified atom stereocenters. The summed E-state index contributed by atoms with van der Waals surface area (Å²) in [5, 5.41) is 2.99. The summed E-state index contributed by atoms with van der Waals surface area (Å²) in [6.45, 7) is 7.62. The van der Waals surface area contributed by atoms with Gasteiger partial charge in [0, 0.05) is 18.4 Å². The molecule has 1 heterocycles. The van der Waals surface area contributed by atoms with Crippen molar-refractivity contribution in [3.05, 3.63) is 35.4 Å². The van der Waals surface area contributed by atoms with Gasteiger partial charge in [0.25, 0.3) is 0 Å². The molecule has 1 N–H and O–H groups in total. The van der Waals surface area contributed by atoms with Crippen LogP contribution in [0.25, 0.3) is 0 Å². The molecule has 1 aromatic carbocycles. The first-order valence-corrected chi connectivity index (χ1v) is 7.82. The Morgan fingerprint density at radius 2 is 1.95 bits per heavy atom. The highest BCUT2D eigenvalue weighted by Crippen LogP contribution is 2.30. The van der Waals surface area contributed by atoms with Crippen molar-refractivity contribution in [1.82, 2.24) is 5.32 Å². The number of carbonyl (C=O) groups excluding carboxylic acids is 2. The van der Waals surface area contributed by atoms with Gasteiger partial charge in [-0.05, 0) is 39.7 Å². The Bertz CT molecular complexity index is 542. The summed E-state index contributed by atoms with van der Waals surface area (Å²) in [5.41, 5.74) is 1.76. The molecule has 4 nitrogen and oxygen atoms in total. The fourth-order valence-corrected chi connectivity index (χ4v) is 2.81. The summed E-state index contributed by atoms with van der Waals surface area (Å²) < 4.78 is 5.45. The lowest BCUT2D eigenvalue weighted by Crippen LogP contribution is -2.34. The number of aryl methyl sites for hydroxylation is 1. The summed E-state index contributed by atoms with van der Waals surface area (Å²) >= 11 is 0. The van der Waals surface area contributed by atoms with Crippen molar-refractivity contribution in [2.24, 2.45) is 0 Å². The van der Waals surface area contributed by atoms with Gasteiger partial charge in [0.05, 0.1) is 6.42 Å². The van der Waals surface area contributed by atoms with Crippen LogP contribution < -0.4 is 5.32 Å². The van der Waals surface area contributed by atoms with Crippen LogP contribution in [0.4, 0.5) is 0 Å². The van der Waals surface area contributed by atoms with E-state index in [0.29, 0.717) is 6.42 Å². The second-order valence-corrected chi connectivity index (χ2v) is 7.02. The molecule has 4 heteroatoms. The van der Waals surface area contributed by atoms with Gasteiger partial charge in [0.2, 0.25) is 5.91 Å². The number of rotatable bonds is 4. The number of carbonyl (C=O) groups is 2. The van der Waals surface area contributed by atoms with E-state index in [0.717, 1.165) is 12.0 Å². The van der Waals surface area contributed by atoms with Crippen molar-refractivity contribution in [3.63, 3.8) is 0 Å². The maximum absolute atomic E-state index is 12.2. The molecule has 2 atom stereocenters. The zero-order valence-electron chi connectivity index (χ0n) is 13.8. The first kappa shape index (κ1) is 16.5. The van der Waals surface area contributed by atoms with E-state index in [9.17, 15) is 9.59 Å². The van der Waals surface area contributed by atoms with Crippen LogP contribution in [0.2, 0.25) is 0 Å². The Kier molecular flexibility index (Phi) is 4.89. The van der Waals surface area contributed by atoms with Gasteiger partial charge in [-0.25, -0.2) is 0 Å². The van der Waals surface area contributed by atoms with Crippen molar-refractivity contribution < 1.29 is 14.3 Å². The number of amides is 1. The van der Waals surface area contributed by atoms with Crippen LogP contribution in [-0.2, 0) is 14.3 Å². The molecule has 1 aromatic rings. The van der Waals surface area contributed by atoms with Crippen molar-refractivity contribution in [1.29, 1.82) is 0 Å². The predicted octanol–water partition coefficient (Wildman–Crippen LogP) is 3.09. The van der Waals surface area contributed by atoms with Gasteiger partial charge in [-0.2, -0.15) is 0 Å². The molecule has 0 saturated carbocycles. The van der Waals surface area contributed by atoms with Gasteiger partial charge in [-0.3, -0.25) is 9.59 Å². The quantitative estimate of drug-likeness (QED) is 0.870. The molecular formula is C18H25NO3. The van der Waals surface area contributed by atoms with Gasteiger partial charge in [0.1, 0.15) is 5.60 Å². The lowest BCUT2D eigenvalue weighted by Gasteiger charge is -2.26. The molecule has 0 aromatic heterocycles. The second kappa shape index (κ2) is 6.51. The summed E-state index contributed by atoms with van der Waals surface area (Å²) in [6, 6.07) is 8.15. The standard InChI is InChI=1S/C18H25NO3/c1-12-5-7-13(8-6-12)14(15-9-10-16(20)19-15)11-17(21)22-18(2,3)4/h5-8,14-15H,9-11H2,1-4H3,(H,19,20). The Balaban J connectivity index is 2.16. The van der Waals surface area contributed by atoms with Gasteiger partial charge in [-0.1, -0.05) is 29.8 Å². The van der Waals surface area contributed by atoms with Crippen LogP contribution in [0.3, 0.4) is 0 Å². The fraction of sp³-hybridized carbons (Fsp3) is 0.556. The number of nitrogens with one attached hydrogen (secondary N) is 1. The number of hydrogen-bond donors (Lipinski definition) is 1. The van der Waals surface area contributed by atoms with E-state index in [4.69, 9.17) is 4.74 Å². The third-order valence-electron chi connectivity index (χ3n) is 3.83. The van der Waals surface area contributed by atoms with Crippen LogP contribution in [-0.4, -0.2) is 23.5 Å². The van der Waals surface area contributed by atoms with E-state index in [2.05, 4.69) is 5.32 Å². The molecule has 1 aliphatic rings. The van der Waals surface area contributed by atoms with Gasteiger partial charge < -0.3 is 10.1 Å². The number of benzene rings is 1. The molecule has 0 aliphatic carbocycles. The van der Waals surface area contributed by atoms with Crippen LogP contribution in [0.15, 0.2) is 24.3 Å². The largest absolute Gasteiger partial charge is 0.460 e. The smallest absolute Gasteiger partial charge is 0.307 e.